The Kier molecular flexibility index (Phi) is 3.79. The van der Waals surface area contributed by atoms with E-state index in [9.17, 15) is 8.42 Å². The van der Waals surface area contributed by atoms with Gasteiger partial charge in [0.05, 0.1) is 5.75 Å². The fourth-order valence-corrected chi connectivity index (χ4v) is 2.64. The molecule has 0 aliphatic carbocycles. The minimum atomic E-state index is -2.99. The molecule has 0 saturated heterocycles. The zero-order chi connectivity index (χ0) is 11.6. The largest absolute Gasteiger partial charge is 0.229 e. The summed E-state index contributed by atoms with van der Waals surface area (Å²) < 4.78 is 22.2. The molecule has 0 aliphatic rings. The zero-order valence-corrected chi connectivity index (χ0v) is 10.7. The highest BCUT2D eigenvalue weighted by molar-refractivity contribution is 7.89. The van der Waals surface area contributed by atoms with Gasteiger partial charge >= 0.3 is 0 Å². The normalized spacial score (nSPS) is 12.1. The molecule has 0 atom stereocenters. The third-order valence-electron chi connectivity index (χ3n) is 2.12. The molecule has 0 N–H and O–H groups in total. The summed E-state index contributed by atoms with van der Waals surface area (Å²) in [5.41, 5.74) is 1.79. The maximum atomic E-state index is 11.1. The van der Waals surface area contributed by atoms with E-state index < -0.39 is 9.84 Å². The van der Waals surface area contributed by atoms with Gasteiger partial charge in [-0.05, 0) is 23.1 Å². The fraction of sp³-hybridized carbons (Fsp3) is 0.455. The predicted octanol–water partition coefficient (Wildman–Crippen LogP) is 3.01. The molecule has 1 aromatic carbocycles. The van der Waals surface area contributed by atoms with E-state index in [1.807, 2.05) is 12.1 Å². The maximum absolute atomic E-state index is 11.1. The van der Waals surface area contributed by atoms with E-state index in [0.29, 0.717) is 10.9 Å². The van der Waals surface area contributed by atoms with E-state index in [-0.39, 0.29) is 5.75 Å². The van der Waals surface area contributed by atoms with Crippen LogP contribution in [0.1, 0.15) is 30.9 Å². The van der Waals surface area contributed by atoms with Crippen LogP contribution in [0.5, 0.6) is 0 Å². The Labute approximate surface area is 96.2 Å². The third-order valence-corrected chi connectivity index (χ3v) is 3.30. The Hall–Kier alpha value is -0.540. The van der Waals surface area contributed by atoms with Crippen molar-refractivity contribution in [3.8, 4) is 0 Å². The molecular weight excluding hydrogens is 232 g/mol. The smallest absolute Gasteiger partial charge is 0.151 e. The van der Waals surface area contributed by atoms with Crippen LogP contribution in [0.15, 0.2) is 18.2 Å². The lowest BCUT2D eigenvalue weighted by Gasteiger charge is -2.09. The van der Waals surface area contributed by atoms with Crippen LogP contribution in [0.25, 0.3) is 0 Å². The molecule has 1 aromatic rings. The number of benzene rings is 1. The zero-order valence-electron chi connectivity index (χ0n) is 9.12. The molecule has 0 heterocycles. The van der Waals surface area contributed by atoms with E-state index in [1.165, 1.54) is 6.26 Å². The molecule has 0 aliphatic heterocycles. The Bertz CT molecular complexity index is 450. The summed E-state index contributed by atoms with van der Waals surface area (Å²) in [6.45, 7) is 4.11. The topological polar surface area (TPSA) is 34.1 Å². The fourth-order valence-electron chi connectivity index (χ4n) is 1.43. The van der Waals surface area contributed by atoms with E-state index in [0.717, 1.165) is 11.1 Å². The number of halogens is 1. The van der Waals surface area contributed by atoms with Crippen molar-refractivity contribution in [3.05, 3.63) is 34.3 Å². The summed E-state index contributed by atoms with van der Waals surface area (Å²) in [6, 6.07) is 5.45. The molecule has 0 radical (unpaired) electrons. The molecule has 0 saturated carbocycles. The van der Waals surface area contributed by atoms with Crippen molar-refractivity contribution in [1.29, 1.82) is 0 Å². The van der Waals surface area contributed by atoms with E-state index >= 15 is 0 Å². The van der Waals surface area contributed by atoms with Crippen molar-refractivity contribution in [2.45, 2.75) is 25.5 Å². The molecular formula is C11H15ClO2S. The van der Waals surface area contributed by atoms with Crippen molar-refractivity contribution < 1.29 is 8.42 Å². The maximum Gasteiger partial charge on any atom is 0.151 e. The second-order valence-corrected chi connectivity index (χ2v) is 6.63. The molecule has 0 spiro atoms. The predicted molar refractivity (Wildman–Crippen MR) is 64.1 cm³/mol. The van der Waals surface area contributed by atoms with Gasteiger partial charge in [-0.15, -0.1) is 0 Å². The van der Waals surface area contributed by atoms with Gasteiger partial charge < -0.3 is 0 Å². The quantitative estimate of drug-likeness (QED) is 0.822. The SMILES string of the molecule is CC(C)c1ccc(CS(C)(=O)=O)cc1Cl. The van der Waals surface area contributed by atoms with Gasteiger partial charge in [0.2, 0.25) is 0 Å². The summed E-state index contributed by atoms with van der Waals surface area (Å²) in [7, 11) is -2.99. The summed E-state index contributed by atoms with van der Waals surface area (Å²) in [6.07, 6.45) is 1.22. The number of hydrogen-bond acceptors (Lipinski definition) is 2. The average Bonchev–Trinajstić information content (AvgIpc) is 1.99. The molecule has 2 nitrogen and oxygen atoms in total. The van der Waals surface area contributed by atoms with E-state index in [4.69, 9.17) is 11.6 Å². The van der Waals surface area contributed by atoms with Crippen LogP contribution in [0.3, 0.4) is 0 Å². The Balaban J connectivity index is 3.02. The summed E-state index contributed by atoms with van der Waals surface area (Å²) in [5, 5.41) is 0.645. The highest BCUT2D eigenvalue weighted by atomic mass is 35.5. The lowest BCUT2D eigenvalue weighted by Crippen LogP contribution is -2.01. The van der Waals surface area contributed by atoms with Crippen molar-refractivity contribution in [1.82, 2.24) is 0 Å². The molecule has 0 bridgehead atoms. The van der Waals surface area contributed by atoms with Gasteiger partial charge in [-0.2, -0.15) is 0 Å². The molecule has 4 heteroatoms. The molecule has 0 aromatic heterocycles. The third kappa shape index (κ3) is 3.84. The van der Waals surface area contributed by atoms with Crippen LogP contribution < -0.4 is 0 Å². The average molecular weight is 247 g/mol. The molecule has 0 unspecified atom stereocenters. The Morgan fingerprint density at radius 1 is 1.33 bits per heavy atom. The van der Waals surface area contributed by atoms with Gasteiger partial charge in [0, 0.05) is 11.3 Å². The first-order chi connectivity index (χ1) is 6.79. The van der Waals surface area contributed by atoms with Gasteiger partial charge in [-0.25, -0.2) is 8.42 Å². The van der Waals surface area contributed by atoms with E-state index in [2.05, 4.69) is 13.8 Å². The summed E-state index contributed by atoms with van der Waals surface area (Å²) in [5.74, 6) is 0.398. The first-order valence-electron chi connectivity index (χ1n) is 4.75. The van der Waals surface area contributed by atoms with Crippen molar-refractivity contribution >= 4 is 21.4 Å². The first-order valence-corrected chi connectivity index (χ1v) is 7.19. The molecule has 0 fully saturated rings. The van der Waals surface area contributed by atoms with E-state index in [1.54, 1.807) is 6.07 Å². The monoisotopic (exact) mass is 246 g/mol. The van der Waals surface area contributed by atoms with Gasteiger partial charge in [-0.3, -0.25) is 0 Å². The molecule has 0 amide bonds. The lowest BCUT2D eigenvalue weighted by molar-refractivity contribution is 0.601. The van der Waals surface area contributed by atoms with Crippen LogP contribution >= 0.6 is 11.6 Å². The van der Waals surface area contributed by atoms with Crippen LogP contribution in [0.2, 0.25) is 5.02 Å². The highest BCUT2D eigenvalue weighted by Crippen LogP contribution is 2.25. The van der Waals surface area contributed by atoms with Crippen LogP contribution in [-0.4, -0.2) is 14.7 Å². The highest BCUT2D eigenvalue weighted by Gasteiger charge is 2.09. The summed E-state index contributed by atoms with van der Waals surface area (Å²) in [4.78, 5) is 0. The Morgan fingerprint density at radius 3 is 2.33 bits per heavy atom. The second-order valence-electron chi connectivity index (χ2n) is 4.08. The molecule has 1 rings (SSSR count). The Morgan fingerprint density at radius 2 is 1.93 bits per heavy atom. The van der Waals surface area contributed by atoms with Crippen molar-refractivity contribution in [2.75, 3.05) is 6.26 Å². The van der Waals surface area contributed by atoms with Gasteiger partial charge in [0.25, 0.3) is 0 Å². The van der Waals surface area contributed by atoms with Gasteiger partial charge in [0.1, 0.15) is 0 Å². The second kappa shape index (κ2) is 4.54. The standard InChI is InChI=1S/C11H15ClO2S/c1-8(2)10-5-4-9(6-11(10)12)7-15(3,13)14/h4-6,8H,7H2,1-3H3. The minimum Gasteiger partial charge on any atom is -0.229 e. The van der Waals surface area contributed by atoms with Crippen LogP contribution in [-0.2, 0) is 15.6 Å². The summed E-state index contributed by atoms with van der Waals surface area (Å²) >= 11 is 6.06. The first kappa shape index (κ1) is 12.5. The minimum absolute atomic E-state index is 0.0467. The van der Waals surface area contributed by atoms with Crippen LogP contribution in [0, 0.1) is 0 Å². The molecule has 15 heavy (non-hydrogen) atoms. The van der Waals surface area contributed by atoms with Gasteiger partial charge in [-0.1, -0.05) is 37.6 Å². The number of sulfone groups is 1. The molecule has 84 valence electrons. The van der Waals surface area contributed by atoms with Crippen molar-refractivity contribution in [3.63, 3.8) is 0 Å². The van der Waals surface area contributed by atoms with Crippen molar-refractivity contribution in [2.24, 2.45) is 0 Å². The number of rotatable bonds is 3. The van der Waals surface area contributed by atoms with Gasteiger partial charge in [0.15, 0.2) is 9.84 Å². The number of hydrogen-bond donors (Lipinski definition) is 0. The lowest BCUT2D eigenvalue weighted by atomic mass is 10.0. The van der Waals surface area contributed by atoms with Crippen LogP contribution in [0.4, 0.5) is 0 Å².